The van der Waals surface area contributed by atoms with E-state index in [1.54, 1.807) is 22.9 Å². The third kappa shape index (κ3) is 4.24. The fourth-order valence-electron chi connectivity index (χ4n) is 3.21. The zero-order valence-electron chi connectivity index (χ0n) is 16.3. The van der Waals surface area contributed by atoms with Crippen molar-refractivity contribution >= 4 is 17.4 Å². The normalized spacial score (nSPS) is 12.4. The van der Waals surface area contributed by atoms with Gasteiger partial charge < -0.3 is 14.8 Å². The van der Waals surface area contributed by atoms with E-state index < -0.39 is 4.92 Å². The number of aromatic nitrogens is 2. The Morgan fingerprint density at radius 1 is 1.13 bits per heavy atom. The Labute approximate surface area is 172 Å². The van der Waals surface area contributed by atoms with Crippen molar-refractivity contribution in [3.63, 3.8) is 0 Å². The summed E-state index contributed by atoms with van der Waals surface area (Å²) in [7, 11) is 0. The van der Waals surface area contributed by atoms with Crippen molar-refractivity contribution in [2.45, 2.75) is 19.8 Å². The SMILES string of the molecule is Cc1cc(NC(=O)CCc2ccc3c(c2)OCCO3)n(-c2ccc([N+](=O)[O-])cc2)n1. The molecule has 1 aliphatic heterocycles. The molecule has 4 rings (SSSR count). The van der Waals surface area contributed by atoms with E-state index >= 15 is 0 Å². The molecule has 1 aromatic heterocycles. The molecule has 0 bridgehead atoms. The third-order valence-corrected chi connectivity index (χ3v) is 4.65. The first kappa shape index (κ1) is 19.4. The van der Waals surface area contributed by atoms with Gasteiger partial charge in [0.15, 0.2) is 11.5 Å². The van der Waals surface area contributed by atoms with Gasteiger partial charge in [0, 0.05) is 24.6 Å². The molecule has 0 fully saturated rings. The number of ether oxygens (including phenoxy) is 2. The van der Waals surface area contributed by atoms with Crippen molar-refractivity contribution in [3.8, 4) is 17.2 Å². The summed E-state index contributed by atoms with van der Waals surface area (Å²) in [5, 5.41) is 18.1. The summed E-state index contributed by atoms with van der Waals surface area (Å²) in [6.07, 6.45) is 0.831. The minimum atomic E-state index is -0.460. The molecule has 9 nitrogen and oxygen atoms in total. The van der Waals surface area contributed by atoms with Crippen LogP contribution in [0.2, 0.25) is 0 Å². The molecule has 154 valence electrons. The minimum absolute atomic E-state index is 0.00681. The van der Waals surface area contributed by atoms with E-state index in [1.165, 1.54) is 12.1 Å². The zero-order valence-corrected chi connectivity index (χ0v) is 16.3. The van der Waals surface area contributed by atoms with E-state index in [9.17, 15) is 14.9 Å². The van der Waals surface area contributed by atoms with Gasteiger partial charge in [0.1, 0.15) is 19.0 Å². The molecule has 0 radical (unpaired) electrons. The van der Waals surface area contributed by atoms with Crippen LogP contribution in [0.15, 0.2) is 48.5 Å². The largest absolute Gasteiger partial charge is 0.486 e. The number of carbonyl (C=O) groups excluding carboxylic acids is 1. The van der Waals surface area contributed by atoms with Crippen LogP contribution in [0.5, 0.6) is 11.5 Å². The second-order valence-corrected chi connectivity index (χ2v) is 6.88. The molecule has 2 heterocycles. The number of hydrogen-bond acceptors (Lipinski definition) is 6. The Morgan fingerprint density at radius 2 is 1.87 bits per heavy atom. The van der Waals surface area contributed by atoms with E-state index in [0.717, 1.165) is 17.0 Å². The summed E-state index contributed by atoms with van der Waals surface area (Å²) in [6.45, 7) is 2.87. The van der Waals surface area contributed by atoms with Crippen LogP contribution in [0, 0.1) is 17.0 Å². The van der Waals surface area contributed by atoms with Crippen LogP contribution in [0.3, 0.4) is 0 Å². The lowest BCUT2D eigenvalue weighted by atomic mass is 10.1. The fourth-order valence-corrected chi connectivity index (χ4v) is 3.21. The molecule has 2 aromatic carbocycles. The van der Waals surface area contributed by atoms with Crippen molar-refractivity contribution in [2.75, 3.05) is 18.5 Å². The molecule has 3 aromatic rings. The summed E-state index contributed by atoms with van der Waals surface area (Å²) in [6, 6.07) is 13.4. The zero-order chi connectivity index (χ0) is 21.1. The highest BCUT2D eigenvalue weighted by Crippen LogP contribution is 2.31. The highest BCUT2D eigenvalue weighted by Gasteiger charge is 2.15. The number of nitro benzene ring substituents is 1. The highest BCUT2D eigenvalue weighted by atomic mass is 16.6. The number of amides is 1. The van der Waals surface area contributed by atoms with Crippen LogP contribution >= 0.6 is 0 Å². The second-order valence-electron chi connectivity index (χ2n) is 6.88. The first-order valence-electron chi connectivity index (χ1n) is 9.49. The number of nitrogens with one attached hydrogen (secondary N) is 1. The lowest BCUT2D eigenvalue weighted by molar-refractivity contribution is -0.384. The van der Waals surface area contributed by atoms with Crippen molar-refractivity contribution in [3.05, 3.63) is 69.9 Å². The van der Waals surface area contributed by atoms with Crippen LogP contribution in [0.25, 0.3) is 5.69 Å². The van der Waals surface area contributed by atoms with E-state index in [4.69, 9.17) is 9.47 Å². The lowest BCUT2D eigenvalue weighted by Gasteiger charge is -2.18. The van der Waals surface area contributed by atoms with Gasteiger partial charge in [0.25, 0.3) is 5.69 Å². The molecule has 9 heteroatoms. The van der Waals surface area contributed by atoms with Gasteiger partial charge in [-0.1, -0.05) is 6.07 Å². The van der Waals surface area contributed by atoms with Crippen LogP contribution in [-0.4, -0.2) is 33.8 Å². The van der Waals surface area contributed by atoms with Crippen molar-refractivity contribution in [2.24, 2.45) is 0 Å². The molecule has 1 N–H and O–H groups in total. The predicted octanol–water partition coefficient (Wildman–Crippen LogP) is 3.43. The minimum Gasteiger partial charge on any atom is -0.486 e. The number of nitro groups is 1. The van der Waals surface area contributed by atoms with E-state index in [2.05, 4.69) is 10.4 Å². The van der Waals surface area contributed by atoms with Gasteiger partial charge in [-0.05, 0) is 43.2 Å². The Hall–Kier alpha value is -3.88. The molecule has 1 amide bonds. The average Bonchev–Trinajstić information content (AvgIpc) is 3.12. The Kier molecular flexibility index (Phi) is 5.34. The van der Waals surface area contributed by atoms with Crippen LogP contribution in [0.1, 0.15) is 17.7 Å². The lowest BCUT2D eigenvalue weighted by Crippen LogP contribution is -2.16. The molecule has 30 heavy (non-hydrogen) atoms. The first-order chi connectivity index (χ1) is 14.5. The van der Waals surface area contributed by atoms with Gasteiger partial charge in [-0.25, -0.2) is 4.68 Å². The van der Waals surface area contributed by atoms with Crippen molar-refractivity contribution < 1.29 is 19.2 Å². The quantitative estimate of drug-likeness (QED) is 0.494. The fraction of sp³-hybridized carbons (Fsp3) is 0.238. The molecular weight excluding hydrogens is 388 g/mol. The van der Waals surface area contributed by atoms with Gasteiger partial charge in [0.2, 0.25) is 5.91 Å². The topological polar surface area (TPSA) is 109 Å². The van der Waals surface area contributed by atoms with Crippen LogP contribution < -0.4 is 14.8 Å². The summed E-state index contributed by atoms with van der Waals surface area (Å²) >= 11 is 0. The molecule has 1 aliphatic rings. The number of hydrogen-bond donors (Lipinski definition) is 1. The van der Waals surface area contributed by atoms with Gasteiger partial charge >= 0.3 is 0 Å². The predicted molar refractivity (Wildman–Crippen MR) is 109 cm³/mol. The maximum absolute atomic E-state index is 12.5. The Balaban J connectivity index is 1.43. The standard InChI is InChI=1S/C21H20N4O5/c1-14-12-20(24(23-14)16-4-6-17(7-5-16)25(27)28)22-21(26)9-3-15-2-8-18-19(13-15)30-11-10-29-18/h2,4-8,12-13H,3,9-11H2,1H3,(H,22,26). The van der Waals surface area contributed by atoms with E-state index in [1.807, 2.05) is 25.1 Å². The van der Waals surface area contributed by atoms with E-state index in [-0.39, 0.29) is 18.0 Å². The second kappa shape index (κ2) is 8.24. The van der Waals surface area contributed by atoms with Crippen molar-refractivity contribution in [1.82, 2.24) is 9.78 Å². The smallest absolute Gasteiger partial charge is 0.269 e. The monoisotopic (exact) mass is 408 g/mol. The number of anilines is 1. The Morgan fingerprint density at radius 3 is 2.60 bits per heavy atom. The van der Waals surface area contributed by atoms with Gasteiger partial charge in [-0.15, -0.1) is 0 Å². The molecular formula is C21H20N4O5. The molecule has 0 saturated carbocycles. The molecule has 0 atom stereocenters. The molecule has 0 aliphatic carbocycles. The Bertz CT molecular complexity index is 1090. The summed E-state index contributed by atoms with van der Waals surface area (Å²) < 4.78 is 12.6. The number of nitrogens with zero attached hydrogens (tertiary/aromatic N) is 3. The highest BCUT2D eigenvalue weighted by molar-refractivity contribution is 5.90. The molecule has 0 saturated heterocycles. The number of benzene rings is 2. The molecule has 0 unspecified atom stereocenters. The average molecular weight is 408 g/mol. The van der Waals surface area contributed by atoms with Crippen LogP contribution in [-0.2, 0) is 11.2 Å². The van der Waals surface area contributed by atoms with Gasteiger partial charge in [0.05, 0.1) is 16.3 Å². The number of fused-ring (bicyclic) bond motifs is 1. The van der Waals surface area contributed by atoms with Gasteiger partial charge in [-0.2, -0.15) is 5.10 Å². The number of carbonyl (C=O) groups is 1. The van der Waals surface area contributed by atoms with Gasteiger partial charge in [-0.3, -0.25) is 14.9 Å². The maximum atomic E-state index is 12.5. The summed E-state index contributed by atoms with van der Waals surface area (Å²) in [4.78, 5) is 22.9. The maximum Gasteiger partial charge on any atom is 0.269 e. The van der Waals surface area contributed by atoms with Crippen LogP contribution in [0.4, 0.5) is 11.5 Å². The summed E-state index contributed by atoms with van der Waals surface area (Å²) in [5.74, 6) is 1.77. The first-order valence-corrected chi connectivity index (χ1v) is 9.49. The summed E-state index contributed by atoms with van der Waals surface area (Å²) in [5.41, 5.74) is 2.31. The third-order valence-electron chi connectivity index (χ3n) is 4.65. The molecule has 0 spiro atoms. The number of non-ortho nitro benzene ring substituents is 1. The number of rotatable bonds is 6. The van der Waals surface area contributed by atoms with Crippen molar-refractivity contribution in [1.29, 1.82) is 0 Å². The van der Waals surface area contributed by atoms with E-state index in [0.29, 0.717) is 36.9 Å². The number of aryl methyl sites for hydroxylation is 2.